The third kappa shape index (κ3) is 5.93. The topological polar surface area (TPSA) is 80.3 Å². The standard InChI is InChI=1S/C26H14O4S6.2Na/c27-25(28)13-11-21(35-23(13)19-7-5-17(33-19)15-3-1-9-31-15)22-12-14(26(29)30)24(36-22)20-8-6-18(34-20)16-4-2-10-32-16;;/h1-12H,(H,27,28)(H,29,30);;/q;2*+1/p-2. The molecule has 0 radical (unpaired) electrons. The van der Waals surface area contributed by atoms with Crippen molar-refractivity contribution in [3.8, 4) is 48.8 Å². The second-order valence-corrected chi connectivity index (χ2v) is 13.7. The van der Waals surface area contributed by atoms with Gasteiger partial charge >= 0.3 is 59.1 Å². The van der Waals surface area contributed by atoms with E-state index in [1.807, 2.05) is 59.3 Å². The van der Waals surface area contributed by atoms with Crippen LogP contribution in [0.15, 0.2) is 71.4 Å². The van der Waals surface area contributed by atoms with Gasteiger partial charge < -0.3 is 19.8 Å². The average molecular weight is 627 g/mol. The Balaban J connectivity index is 0.00000168. The Hall–Kier alpha value is -0.860. The van der Waals surface area contributed by atoms with Crippen molar-refractivity contribution in [3.63, 3.8) is 0 Å². The number of hydrogen-bond donors (Lipinski definition) is 0. The van der Waals surface area contributed by atoms with Gasteiger partial charge in [-0.2, -0.15) is 0 Å². The Kier molecular flexibility index (Phi) is 10.1. The Morgan fingerprint density at radius 3 is 1.24 bits per heavy atom. The third-order valence-electron chi connectivity index (χ3n) is 5.33. The van der Waals surface area contributed by atoms with Gasteiger partial charge in [-0.05, 0) is 59.3 Å². The molecule has 0 spiro atoms. The Bertz CT molecular complexity index is 1580. The minimum atomic E-state index is -1.26. The summed E-state index contributed by atoms with van der Waals surface area (Å²) in [6.45, 7) is 0. The van der Waals surface area contributed by atoms with Crippen LogP contribution in [0.1, 0.15) is 20.7 Å². The van der Waals surface area contributed by atoms with E-state index >= 15 is 0 Å². The molecule has 0 N–H and O–H groups in total. The van der Waals surface area contributed by atoms with Crippen LogP contribution in [-0.4, -0.2) is 11.9 Å². The molecule has 0 aliphatic heterocycles. The maximum Gasteiger partial charge on any atom is 1.00 e. The van der Waals surface area contributed by atoms with Crippen LogP contribution in [0.3, 0.4) is 0 Å². The van der Waals surface area contributed by atoms with Gasteiger partial charge in [-0.3, -0.25) is 0 Å². The van der Waals surface area contributed by atoms with Crippen LogP contribution < -0.4 is 69.3 Å². The van der Waals surface area contributed by atoms with Crippen LogP contribution in [0.25, 0.3) is 48.8 Å². The van der Waals surface area contributed by atoms with E-state index in [1.54, 1.807) is 34.8 Å². The van der Waals surface area contributed by atoms with E-state index in [1.165, 1.54) is 45.3 Å². The first-order valence-corrected chi connectivity index (χ1v) is 15.5. The first-order chi connectivity index (χ1) is 17.5. The van der Waals surface area contributed by atoms with Crippen molar-refractivity contribution in [1.29, 1.82) is 0 Å². The van der Waals surface area contributed by atoms with Crippen molar-refractivity contribution < 1.29 is 78.9 Å². The van der Waals surface area contributed by atoms with Crippen molar-refractivity contribution in [2.45, 2.75) is 0 Å². The van der Waals surface area contributed by atoms with E-state index in [2.05, 4.69) is 0 Å². The fourth-order valence-electron chi connectivity index (χ4n) is 3.72. The van der Waals surface area contributed by atoms with E-state index in [9.17, 15) is 19.8 Å². The van der Waals surface area contributed by atoms with Gasteiger partial charge in [0.2, 0.25) is 0 Å². The summed E-state index contributed by atoms with van der Waals surface area (Å²) < 4.78 is 0. The van der Waals surface area contributed by atoms with Crippen molar-refractivity contribution in [2.75, 3.05) is 0 Å². The Morgan fingerprint density at radius 1 is 0.500 bits per heavy atom. The molecule has 178 valence electrons. The van der Waals surface area contributed by atoms with Crippen LogP contribution in [0, 0.1) is 0 Å². The molecule has 0 aliphatic rings. The number of thiophene rings is 6. The molecule has 6 rings (SSSR count). The van der Waals surface area contributed by atoms with E-state index in [0.717, 1.165) is 29.3 Å². The molecule has 0 unspecified atom stereocenters. The van der Waals surface area contributed by atoms with Gasteiger partial charge in [0.05, 0.1) is 21.7 Å². The van der Waals surface area contributed by atoms with Gasteiger partial charge in [0, 0.05) is 50.1 Å². The van der Waals surface area contributed by atoms with Gasteiger partial charge in [-0.25, -0.2) is 0 Å². The number of aromatic carboxylic acids is 2. The summed E-state index contributed by atoms with van der Waals surface area (Å²) in [7, 11) is 0. The molecule has 0 aliphatic carbocycles. The fourth-order valence-corrected chi connectivity index (χ4v) is 10.0. The predicted octanol–water partition coefficient (Wildman–Crippen LogP) is 1.13. The normalized spacial score (nSPS) is 10.6. The third-order valence-corrected chi connectivity index (χ3v) is 12.5. The van der Waals surface area contributed by atoms with E-state index in [4.69, 9.17) is 0 Å². The molecule has 0 fully saturated rings. The van der Waals surface area contributed by atoms with Crippen LogP contribution >= 0.6 is 68.0 Å². The summed E-state index contributed by atoms with van der Waals surface area (Å²) in [5.41, 5.74) is 0.214. The van der Waals surface area contributed by atoms with E-state index < -0.39 is 11.9 Å². The van der Waals surface area contributed by atoms with Gasteiger partial charge in [0.25, 0.3) is 0 Å². The SMILES string of the molecule is O=C([O-])c1cc(-c2cc(C(=O)[O-])c(-c3ccc(-c4cccs4)s3)s2)sc1-c1ccc(-c2cccs2)s1.[Na+].[Na+]. The van der Waals surface area contributed by atoms with Gasteiger partial charge in [0.15, 0.2) is 0 Å². The smallest absolute Gasteiger partial charge is 0.545 e. The monoisotopic (exact) mass is 626 g/mol. The van der Waals surface area contributed by atoms with Crippen molar-refractivity contribution >= 4 is 80.0 Å². The molecule has 0 bridgehead atoms. The molecule has 6 heterocycles. The summed E-state index contributed by atoms with van der Waals surface area (Å²) >= 11 is 8.98. The minimum Gasteiger partial charge on any atom is -0.545 e. The zero-order valence-electron chi connectivity index (χ0n) is 20.0. The number of carboxylic acid groups (broad SMARTS) is 2. The Labute approximate surface area is 286 Å². The second kappa shape index (κ2) is 12.8. The fraction of sp³-hybridized carbons (Fsp3) is 0. The molecule has 0 saturated carbocycles. The van der Waals surface area contributed by atoms with Crippen LogP contribution in [0.2, 0.25) is 0 Å². The average Bonchev–Trinajstić information content (AvgIpc) is 3.71. The molecule has 4 nitrogen and oxygen atoms in total. The molecule has 6 aromatic heterocycles. The zero-order chi connectivity index (χ0) is 24.8. The summed E-state index contributed by atoms with van der Waals surface area (Å²) in [6, 6.07) is 19.0. The molecule has 0 amide bonds. The summed E-state index contributed by atoms with van der Waals surface area (Å²) in [5.74, 6) is -2.51. The van der Waals surface area contributed by atoms with E-state index in [0.29, 0.717) is 19.5 Å². The van der Waals surface area contributed by atoms with Gasteiger partial charge in [0.1, 0.15) is 0 Å². The van der Waals surface area contributed by atoms with Crippen LogP contribution in [0.4, 0.5) is 0 Å². The number of carbonyl (C=O) groups is 2. The number of carboxylic acids is 2. The zero-order valence-corrected chi connectivity index (χ0v) is 28.9. The number of rotatable bonds is 7. The van der Waals surface area contributed by atoms with Crippen LogP contribution in [-0.2, 0) is 0 Å². The second-order valence-electron chi connectivity index (χ2n) is 7.56. The minimum absolute atomic E-state index is 0. The quantitative estimate of drug-likeness (QED) is 0.249. The largest absolute Gasteiger partial charge is 1.00 e. The van der Waals surface area contributed by atoms with E-state index in [-0.39, 0.29) is 70.2 Å². The Morgan fingerprint density at radius 2 is 0.895 bits per heavy atom. The maximum atomic E-state index is 12.0. The predicted molar refractivity (Wildman–Crippen MR) is 150 cm³/mol. The molecule has 38 heavy (non-hydrogen) atoms. The summed E-state index contributed by atoms with van der Waals surface area (Å²) in [5, 5.41) is 28.0. The van der Waals surface area contributed by atoms with Gasteiger partial charge in [-0.15, -0.1) is 68.0 Å². The first kappa shape index (κ1) is 30.1. The van der Waals surface area contributed by atoms with Crippen molar-refractivity contribution in [2.24, 2.45) is 0 Å². The molecular weight excluding hydrogens is 615 g/mol. The molecule has 0 saturated heterocycles. The molecular formula is C26H12Na2O4S6. The first-order valence-electron chi connectivity index (χ1n) is 10.5. The number of hydrogen-bond acceptors (Lipinski definition) is 10. The number of carbonyl (C=O) groups excluding carboxylic acids is 2. The van der Waals surface area contributed by atoms with Crippen LogP contribution in [0.5, 0.6) is 0 Å². The molecule has 0 atom stereocenters. The molecule has 12 heteroatoms. The van der Waals surface area contributed by atoms with Gasteiger partial charge in [-0.1, -0.05) is 12.1 Å². The molecule has 0 aromatic carbocycles. The summed E-state index contributed by atoms with van der Waals surface area (Å²) in [4.78, 5) is 32.6. The summed E-state index contributed by atoms with van der Waals surface area (Å²) in [6.07, 6.45) is 0. The molecule has 6 aromatic rings. The van der Waals surface area contributed by atoms with Crippen molar-refractivity contribution in [3.05, 3.63) is 82.6 Å². The van der Waals surface area contributed by atoms with Crippen molar-refractivity contribution in [1.82, 2.24) is 0 Å². The maximum absolute atomic E-state index is 12.0.